The van der Waals surface area contributed by atoms with E-state index in [9.17, 15) is 12.8 Å². The first-order chi connectivity index (χ1) is 11.9. The van der Waals surface area contributed by atoms with Crippen LogP contribution in [0, 0.1) is 5.82 Å². The van der Waals surface area contributed by atoms with Crippen molar-refractivity contribution < 1.29 is 17.5 Å². The fourth-order valence-electron chi connectivity index (χ4n) is 3.00. The molecule has 1 heterocycles. The van der Waals surface area contributed by atoms with Gasteiger partial charge in [0.25, 0.3) is 0 Å². The van der Waals surface area contributed by atoms with E-state index in [-0.39, 0.29) is 16.8 Å². The van der Waals surface area contributed by atoms with E-state index >= 15 is 0 Å². The number of halogens is 1. The van der Waals surface area contributed by atoms with Crippen LogP contribution in [0.2, 0.25) is 0 Å². The monoisotopic (exact) mass is 364 g/mol. The first kappa shape index (κ1) is 17.8. The van der Waals surface area contributed by atoms with Crippen molar-refractivity contribution in [2.24, 2.45) is 5.14 Å². The van der Waals surface area contributed by atoms with Crippen LogP contribution in [0.1, 0.15) is 30.0 Å². The smallest absolute Gasteiger partial charge is 0.238 e. The summed E-state index contributed by atoms with van der Waals surface area (Å²) in [6, 6.07) is 11.2. The first-order valence-corrected chi connectivity index (χ1v) is 9.75. The van der Waals surface area contributed by atoms with Gasteiger partial charge in [0.15, 0.2) is 0 Å². The second-order valence-electron chi connectivity index (χ2n) is 6.12. The van der Waals surface area contributed by atoms with Crippen LogP contribution in [0.4, 0.5) is 4.39 Å². The highest BCUT2D eigenvalue weighted by Gasteiger charge is 2.20. The number of hydrogen-bond acceptors (Lipinski definition) is 4. The Morgan fingerprint density at radius 3 is 2.68 bits per heavy atom. The van der Waals surface area contributed by atoms with Crippen molar-refractivity contribution >= 4 is 10.0 Å². The van der Waals surface area contributed by atoms with Crippen molar-refractivity contribution in [1.82, 2.24) is 5.32 Å². The molecule has 3 rings (SSSR count). The minimum absolute atomic E-state index is 0.0388. The van der Waals surface area contributed by atoms with Crippen LogP contribution in [0.5, 0.6) is 5.75 Å². The number of sulfonamides is 1. The number of nitrogens with two attached hydrogens (primary N) is 1. The third-order valence-corrected chi connectivity index (χ3v) is 5.23. The van der Waals surface area contributed by atoms with Gasteiger partial charge in [-0.25, -0.2) is 17.9 Å². The summed E-state index contributed by atoms with van der Waals surface area (Å²) in [6.45, 7) is 1.32. The molecule has 5 nitrogen and oxygen atoms in total. The zero-order valence-corrected chi connectivity index (χ0v) is 14.6. The predicted octanol–water partition coefficient (Wildman–Crippen LogP) is 2.52. The van der Waals surface area contributed by atoms with E-state index in [1.165, 1.54) is 24.3 Å². The number of rotatable bonds is 5. The van der Waals surface area contributed by atoms with Crippen molar-refractivity contribution in [3.63, 3.8) is 0 Å². The molecule has 3 N–H and O–H groups in total. The third-order valence-electron chi connectivity index (χ3n) is 4.30. The van der Waals surface area contributed by atoms with Crippen molar-refractivity contribution in [1.29, 1.82) is 0 Å². The molecular weight excluding hydrogens is 343 g/mol. The molecule has 25 heavy (non-hydrogen) atoms. The zero-order chi connectivity index (χ0) is 17.9. The minimum Gasteiger partial charge on any atom is -0.493 e. The van der Waals surface area contributed by atoms with Gasteiger partial charge in [0.05, 0.1) is 11.5 Å². The number of primary sulfonamides is 1. The van der Waals surface area contributed by atoms with Gasteiger partial charge in [0.1, 0.15) is 11.6 Å². The Bertz CT molecular complexity index is 838. The van der Waals surface area contributed by atoms with Crippen LogP contribution in [-0.4, -0.2) is 21.6 Å². The number of ether oxygens (including phenoxy) is 1. The quantitative estimate of drug-likeness (QED) is 0.854. The first-order valence-electron chi connectivity index (χ1n) is 8.21. The lowest BCUT2D eigenvalue weighted by molar-refractivity contribution is 0.315. The molecule has 0 spiro atoms. The molecular formula is C18H21FN2O3S. The van der Waals surface area contributed by atoms with Crippen LogP contribution < -0.4 is 15.2 Å². The Balaban J connectivity index is 1.63. The van der Waals surface area contributed by atoms with Crippen molar-refractivity contribution in [2.45, 2.75) is 30.2 Å². The molecule has 1 unspecified atom stereocenters. The van der Waals surface area contributed by atoms with E-state index in [2.05, 4.69) is 5.32 Å². The fraction of sp³-hybridized carbons (Fsp3) is 0.333. The van der Waals surface area contributed by atoms with Gasteiger partial charge in [0, 0.05) is 11.6 Å². The summed E-state index contributed by atoms with van der Waals surface area (Å²) in [4.78, 5) is 0.106. The second kappa shape index (κ2) is 7.51. The molecule has 0 bridgehead atoms. The molecule has 134 valence electrons. The molecule has 1 aliphatic rings. The van der Waals surface area contributed by atoms with Gasteiger partial charge in [-0.1, -0.05) is 12.1 Å². The SMILES string of the molecule is NS(=O)(=O)c1ccc(CCNC2CCCOc3ccc(F)cc32)cc1. The van der Waals surface area contributed by atoms with Gasteiger partial charge in [-0.15, -0.1) is 0 Å². The van der Waals surface area contributed by atoms with E-state index < -0.39 is 10.0 Å². The Morgan fingerprint density at radius 2 is 1.96 bits per heavy atom. The lowest BCUT2D eigenvalue weighted by atomic mass is 10.0. The summed E-state index contributed by atoms with van der Waals surface area (Å²) >= 11 is 0. The van der Waals surface area contributed by atoms with E-state index in [4.69, 9.17) is 9.88 Å². The summed E-state index contributed by atoms with van der Waals surface area (Å²) in [5, 5.41) is 8.54. The highest BCUT2D eigenvalue weighted by molar-refractivity contribution is 7.89. The lowest BCUT2D eigenvalue weighted by Gasteiger charge is -2.18. The van der Waals surface area contributed by atoms with Gasteiger partial charge in [-0.05, 0) is 61.7 Å². The van der Waals surface area contributed by atoms with Crippen molar-refractivity contribution in [3.8, 4) is 5.75 Å². The standard InChI is InChI=1S/C18H21FN2O3S/c19-14-5-8-18-16(12-14)17(2-1-11-24-18)21-10-9-13-3-6-15(7-4-13)25(20,22)23/h3-8,12,17,21H,1-2,9-11H2,(H2,20,22,23). The van der Waals surface area contributed by atoms with Gasteiger partial charge in [-0.3, -0.25) is 0 Å². The highest BCUT2D eigenvalue weighted by Crippen LogP contribution is 2.32. The normalized spacial score (nSPS) is 17.4. The maximum atomic E-state index is 13.6. The Labute approximate surface area is 147 Å². The molecule has 1 aliphatic heterocycles. The molecule has 0 aromatic heterocycles. The number of benzene rings is 2. The summed E-state index contributed by atoms with van der Waals surface area (Å²) < 4.78 is 41.8. The van der Waals surface area contributed by atoms with E-state index in [0.717, 1.165) is 36.1 Å². The zero-order valence-electron chi connectivity index (χ0n) is 13.7. The maximum Gasteiger partial charge on any atom is 0.238 e. The van der Waals surface area contributed by atoms with Crippen LogP contribution >= 0.6 is 0 Å². The van der Waals surface area contributed by atoms with Gasteiger partial charge < -0.3 is 10.1 Å². The molecule has 0 saturated carbocycles. The Kier molecular flexibility index (Phi) is 5.36. The average molecular weight is 364 g/mol. The van der Waals surface area contributed by atoms with Crippen molar-refractivity contribution in [2.75, 3.05) is 13.2 Å². The molecule has 0 amide bonds. The van der Waals surface area contributed by atoms with Crippen LogP contribution in [0.25, 0.3) is 0 Å². The van der Waals surface area contributed by atoms with Gasteiger partial charge in [-0.2, -0.15) is 0 Å². The molecule has 7 heteroatoms. The third kappa shape index (κ3) is 4.56. The number of nitrogens with one attached hydrogen (secondary N) is 1. The average Bonchev–Trinajstić information content (AvgIpc) is 2.77. The summed E-state index contributed by atoms with van der Waals surface area (Å²) in [6.07, 6.45) is 2.50. The highest BCUT2D eigenvalue weighted by atomic mass is 32.2. The number of hydrogen-bond donors (Lipinski definition) is 2. The molecule has 2 aromatic rings. The topological polar surface area (TPSA) is 81.4 Å². The van der Waals surface area contributed by atoms with Gasteiger partial charge in [0.2, 0.25) is 10.0 Å². The van der Waals surface area contributed by atoms with Crippen LogP contribution in [0.15, 0.2) is 47.4 Å². The number of fused-ring (bicyclic) bond motifs is 1. The van der Waals surface area contributed by atoms with Gasteiger partial charge >= 0.3 is 0 Å². The summed E-state index contributed by atoms with van der Waals surface area (Å²) in [5.74, 6) is 0.462. The summed E-state index contributed by atoms with van der Waals surface area (Å²) in [5.41, 5.74) is 1.85. The maximum absolute atomic E-state index is 13.6. The predicted molar refractivity (Wildman–Crippen MR) is 93.4 cm³/mol. The van der Waals surface area contributed by atoms with Crippen molar-refractivity contribution in [3.05, 3.63) is 59.4 Å². The molecule has 0 saturated heterocycles. The van der Waals surface area contributed by atoms with E-state index in [0.29, 0.717) is 13.2 Å². The molecule has 0 fully saturated rings. The van der Waals surface area contributed by atoms with E-state index in [1.54, 1.807) is 18.2 Å². The molecule has 1 atom stereocenters. The largest absolute Gasteiger partial charge is 0.493 e. The van der Waals surface area contributed by atoms with Crippen LogP contribution in [0.3, 0.4) is 0 Å². The Morgan fingerprint density at radius 1 is 1.20 bits per heavy atom. The second-order valence-corrected chi connectivity index (χ2v) is 7.68. The molecule has 0 aliphatic carbocycles. The lowest BCUT2D eigenvalue weighted by Crippen LogP contribution is -2.23. The Hall–Kier alpha value is -1.96. The molecule has 2 aromatic carbocycles. The summed E-state index contributed by atoms with van der Waals surface area (Å²) in [7, 11) is -3.66. The van der Waals surface area contributed by atoms with Crippen LogP contribution in [-0.2, 0) is 16.4 Å². The minimum atomic E-state index is -3.66. The van der Waals surface area contributed by atoms with E-state index in [1.807, 2.05) is 0 Å². The fourth-order valence-corrected chi connectivity index (χ4v) is 3.51. The molecule has 0 radical (unpaired) electrons.